The number of fused-ring (bicyclic) bond motifs is 1. The fraction of sp³-hybridized carbons (Fsp3) is 0.562. The quantitative estimate of drug-likeness (QED) is 0.226. The van der Waals surface area contributed by atoms with Crippen LogP contribution in [0.4, 0.5) is 0 Å². The number of sulfonamides is 1. The molecule has 44 heavy (non-hydrogen) atoms. The van der Waals surface area contributed by atoms with Gasteiger partial charge in [-0.2, -0.15) is 4.31 Å². The summed E-state index contributed by atoms with van der Waals surface area (Å²) < 4.78 is 40.7. The van der Waals surface area contributed by atoms with Gasteiger partial charge in [0.25, 0.3) is 0 Å². The zero-order valence-electron chi connectivity index (χ0n) is 26.7. The molecule has 1 heterocycles. The minimum atomic E-state index is -4.21. The number of nitrogens with one attached hydrogen (secondary N) is 2. The van der Waals surface area contributed by atoms with Crippen LogP contribution in [0.25, 0.3) is 0 Å². The Hall–Kier alpha value is -3.19. The topological polar surface area (TPSA) is 138 Å². The number of ether oxygens (including phenoxy) is 2. The fourth-order valence-corrected chi connectivity index (χ4v) is 6.98. The van der Waals surface area contributed by atoms with Gasteiger partial charge in [-0.15, -0.1) is 0 Å². The maximum atomic E-state index is 14.2. The molecular weight excluding hydrogens is 584 g/mol. The Bertz CT molecular complexity index is 1350. The summed E-state index contributed by atoms with van der Waals surface area (Å²) in [6, 6.07) is 13.6. The van der Waals surface area contributed by atoms with Crippen LogP contribution < -0.4 is 20.1 Å². The summed E-state index contributed by atoms with van der Waals surface area (Å²) in [6.07, 6.45) is 0.923. The average molecular weight is 633 g/mol. The van der Waals surface area contributed by atoms with Crippen LogP contribution >= 0.6 is 0 Å². The molecule has 3 atom stereocenters. The molecule has 0 fully saturated rings. The second-order valence-electron chi connectivity index (χ2n) is 12.2. The molecule has 12 heteroatoms. The molecule has 3 unspecified atom stereocenters. The Labute approximate surface area is 262 Å². The van der Waals surface area contributed by atoms with Gasteiger partial charge in [-0.25, -0.2) is 8.42 Å². The van der Waals surface area contributed by atoms with E-state index < -0.39 is 22.0 Å². The summed E-state index contributed by atoms with van der Waals surface area (Å²) in [7, 11) is -0.559. The van der Waals surface area contributed by atoms with E-state index >= 15 is 0 Å². The Kier molecular flexibility index (Phi) is 12.6. The van der Waals surface area contributed by atoms with Gasteiger partial charge in [-0.3, -0.25) is 9.59 Å². The molecule has 3 N–H and O–H groups in total. The Morgan fingerprint density at radius 1 is 1.02 bits per heavy atom. The summed E-state index contributed by atoms with van der Waals surface area (Å²) in [5, 5.41) is 18.0. The van der Waals surface area contributed by atoms with E-state index in [0.717, 1.165) is 9.87 Å². The van der Waals surface area contributed by atoms with Crippen LogP contribution in [-0.2, 0) is 26.0 Å². The van der Waals surface area contributed by atoms with Gasteiger partial charge >= 0.3 is 0 Å². The lowest BCUT2D eigenvalue weighted by Crippen LogP contribution is -2.55. The second-order valence-corrected chi connectivity index (χ2v) is 14.0. The molecule has 1 aliphatic heterocycles. The molecule has 2 amide bonds. The number of nitrogens with zero attached hydrogens (tertiary/aromatic N) is 2. The predicted molar refractivity (Wildman–Crippen MR) is 169 cm³/mol. The van der Waals surface area contributed by atoms with Crippen molar-refractivity contribution in [2.75, 3.05) is 33.7 Å². The van der Waals surface area contributed by atoms with E-state index in [-0.39, 0.29) is 61.0 Å². The van der Waals surface area contributed by atoms with E-state index in [2.05, 4.69) is 10.6 Å². The van der Waals surface area contributed by atoms with Crippen molar-refractivity contribution in [1.29, 1.82) is 0 Å². The summed E-state index contributed by atoms with van der Waals surface area (Å²) in [6.45, 7) is 7.82. The molecule has 0 radical (unpaired) electrons. The number of hydrogen-bond acceptors (Lipinski definition) is 8. The van der Waals surface area contributed by atoms with Crippen molar-refractivity contribution in [3.05, 3.63) is 54.1 Å². The highest BCUT2D eigenvalue weighted by Crippen LogP contribution is 2.38. The Morgan fingerprint density at radius 2 is 1.70 bits per heavy atom. The molecule has 0 aliphatic carbocycles. The molecule has 3 rings (SSSR count). The minimum absolute atomic E-state index is 0.0167. The fourth-order valence-electron chi connectivity index (χ4n) is 5.13. The largest absolute Gasteiger partial charge is 0.451 e. The van der Waals surface area contributed by atoms with Gasteiger partial charge in [-0.1, -0.05) is 44.2 Å². The van der Waals surface area contributed by atoms with E-state index in [0.29, 0.717) is 30.9 Å². The SMILES string of the molecule is CC(C)CN(C(O)(CCNC(=O)CCCC(C)NC(=O)CN(C)C)Cc1ccccc1)S(=O)(=O)c1ccc2c(c1)OC(C)O2. The average Bonchev–Trinajstić information content (AvgIpc) is 3.30. The van der Waals surface area contributed by atoms with Crippen LogP contribution in [0, 0.1) is 5.92 Å². The lowest BCUT2D eigenvalue weighted by Gasteiger charge is -2.40. The highest BCUT2D eigenvalue weighted by Gasteiger charge is 2.43. The summed E-state index contributed by atoms with van der Waals surface area (Å²) >= 11 is 0. The number of rotatable bonds is 17. The Morgan fingerprint density at radius 3 is 2.36 bits per heavy atom. The number of likely N-dealkylation sites (N-methyl/N-ethyl adjacent to an activating group) is 1. The lowest BCUT2D eigenvalue weighted by atomic mass is 9.98. The molecule has 2 aromatic rings. The van der Waals surface area contributed by atoms with Crippen LogP contribution in [0.5, 0.6) is 11.5 Å². The number of carbonyl (C=O) groups excluding carboxylic acids is 2. The standard InChI is InChI=1S/C32H48N4O7S/c1-23(2)21-36(44(40,41)27-15-16-28-29(19-27)43-25(4)42-28)32(39,20-26-12-8-7-9-13-26)17-18-33-30(37)14-10-11-24(3)34-31(38)22-35(5)6/h7-9,12-13,15-16,19,23-25,39H,10-11,14,17-18,20-22H2,1-6H3,(H,33,37)(H,34,38). The molecule has 0 spiro atoms. The van der Waals surface area contributed by atoms with E-state index in [4.69, 9.17) is 9.47 Å². The molecule has 0 saturated heterocycles. The first-order chi connectivity index (χ1) is 20.7. The van der Waals surface area contributed by atoms with E-state index in [1.54, 1.807) is 17.9 Å². The first-order valence-electron chi connectivity index (χ1n) is 15.2. The minimum Gasteiger partial charge on any atom is -0.451 e. The highest BCUT2D eigenvalue weighted by molar-refractivity contribution is 7.89. The first kappa shape index (κ1) is 35.3. The molecule has 1 aliphatic rings. The number of amides is 2. The van der Waals surface area contributed by atoms with Crippen LogP contribution in [0.15, 0.2) is 53.4 Å². The molecular formula is C32H48N4O7S. The highest BCUT2D eigenvalue weighted by atomic mass is 32.2. The number of hydrogen-bond donors (Lipinski definition) is 3. The van der Waals surface area contributed by atoms with E-state index in [9.17, 15) is 23.1 Å². The van der Waals surface area contributed by atoms with Gasteiger partial charge in [-0.05, 0) is 57.5 Å². The summed E-state index contributed by atoms with van der Waals surface area (Å²) in [5.74, 6) is 0.409. The van der Waals surface area contributed by atoms with Crippen LogP contribution in [0.1, 0.15) is 58.9 Å². The van der Waals surface area contributed by atoms with Crippen LogP contribution in [0.2, 0.25) is 0 Å². The van der Waals surface area contributed by atoms with Crippen molar-refractivity contribution in [2.24, 2.45) is 5.92 Å². The summed E-state index contributed by atoms with van der Waals surface area (Å²) in [4.78, 5) is 26.4. The number of benzene rings is 2. The van der Waals surface area contributed by atoms with Crippen molar-refractivity contribution < 1.29 is 32.6 Å². The van der Waals surface area contributed by atoms with Gasteiger partial charge in [0, 0.05) is 51.4 Å². The monoisotopic (exact) mass is 632 g/mol. The third kappa shape index (κ3) is 10.2. The van der Waals surface area contributed by atoms with Gasteiger partial charge in [0.15, 0.2) is 11.5 Å². The van der Waals surface area contributed by atoms with Crippen molar-refractivity contribution >= 4 is 21.8 Å². The third-order valence-corrected chi connectivity index (χ3v) is 9.09. The first-order valence-corrected chi connectivity index (χ1v) is 16.6. The van der Waals surface area contributed by atoms with Crippen molar-refractivity contribution in [1.82, 2.24) is 19.8 Å². The van der Waals surface area contributed by atoms with Gasteiger partial charge in [0.2, 0.25) is 28.1 Å². The molecule has 2 aromatic carbocycles. The van der Waals surface area contributed by atoms with Gasteiger partial charge in [0.05, 0.1) is 11.4 Å². The lowest BCUT2D eigenvalue weighted by molar-refractivity contribution is -0.122. The van der Waals surface area contributed by atoms with Crippen LogP contribution in [-0.4, -0.2) is 86.3 Å². The molecule has 244 valence electrons. The van der Waals surface area contributed by atoms with Crippen molar-refractivity contribution in [3.8, 4) is 11.5 Å². The van der Waals surface area contributed by atoms with Gasteiger partial charge in [0.1, 0.15) is 5.72 Å². The summed E-state index contributed by atoms with van der Waals surface area (Å²) in [5.41, 5.74) is -1.08. The number of aliphatic hydroxyl groups is 1. The maximum Gasteiger partial charge on any atom is 0.245 e. The zero-order chi connectivity index (χ0) is 32.5. The molecule has 0 saturated carbocycles. The zero-order valence-corrected chi connectivity index (χ0v) is 27.5. The molecule has 11 nitrogen and oxygen atoms in total. The predicted octanol–water partition coefficient (Wildman–Crippen LogP) is 3.12. The third-order valence-electron chi connectivity index (χ3n) is 7.17. The van der Waals surface area contributed by atoms with E-state index in [1.807, 2.05) is 65.2 Å². The van der Waals surface area contributed by atoms with Gasteiger partial charge < -0.3 is 30.1 Å². The number of carbonyl (C=O) groups is 2. The Balaban J connectivity index is 1.74. The second kappa shape index (κ2) is 15.7. The molecule has 0 aromatic heterocycles. The van der Waals surface area contributed by atoms with Crippen molar-refractivity contribution in [3.63, 3.8) is 0 Å². The van der Waals surface area contributed by atoms with Crippen LogP contribution in [0.3, 0.4) is 0 Å². The maximum absolute atomic E-state index is 14.2. The normalized spacial score (nSPS) is 16.6. The van der Waals surface area contributed by atoms with Crippen molar-refractivity contribution in [2.45, 2.75) is 82.8 Å². The smallest absolute Gasteiger partial charge is 0.245 e. The molecule has 0 bridgehead atoms. The van der Waals surface area contributed by atoms with E-state index in [1.165, 1.54) is 12.1 Å².